The predicted octanol–water partition coefficient (Wildman–Crippen LogP) is 6.03. The van der Waals surface area contributed by atoms with E-state index in [2.05, 4.69) is 34.9 Å². The van der Waals surface area contributed by atoms with E-state index in [1.807, 2.05) is 66.4 Å². The molecule has 2 aromatic carbocycles. The Bertz CT molecular complexity index is 1000. The summed E-state index contributed by atoms with van der Waals surface area (Å²) in [6, 6.07) is 25.7. The number of rotatable bonds is 6. The molecule has 4 rings (SSSR count). The van der Waals surface area contributed by atoms with Gasteiger partial charge in [0.15, 0.2) is 0 Å². The molecule has 2 aliphatic rings. The van der Waals surface area contributed by atoms with Gasteiger partial charge in [-0.3, -0.25) is 10.1 Å². The molecule has 0 spiro atoms. The summed E-state index contributed by atoms with van der Waals surface area (Å²) < 4.78 is 5.99. The number of benzene rings is 1. The molecule has 3 amide bonds. The average molecular weight is 477 g/mol. The molecular formula is C28H32N2O3S. The standard InChI is InChI=1S/C28H32N2O3S/c31-27-26(29-28(32)30-27)22-10-8-9-13-24(19-16-22)34-25-17-14-21(15-18-25)20-33-23-11-6-4-2-1-3-5-7-12-23/h1-7,11-12,14-15,17-18,22,24,26H,8-10,13,16,19-20H2,(H2,29,30,31,32). The molecule has 3 unspecified atom stereocenters. The fraction of sp³-hybridized carbons (Fsp3) is 0.357. The SMILES string of the molecule is O=C1NC(=O)C(C2CCCCC(Sc3ccc(COc4ccccccccc4)cc3)CC2)N1. The van der Waals surface area contributed by atoms with Crippen molar-refractivity contribution in [1.29, 1.82) is 0 Å². The normalized spacial score (nSPS) is 22.5. The van der Waals surface area contributed by atoms with Crippen molar-refractivity contribution >= 4 is 23.7 Å². The van der Waals surface area contributed by atoms with E-state index >= 15 is 0 Å². The number of nitrogens with one attached hydrogen (secondary N) is 2. The average Bonchev–Trinajstić information content (AvgIpc) is 3.17. The molecule has 1 saturated heterocycles. The Labute approximate surface area is 206 Å². The number of carbonyl (C=O) groups excluding carboxylic acids is 2. The van der Waals surface area contributed by atoms with Gasteiger partial charge in [-0.1, -0.05) is 67.4 Å². The van der Waals surface area contributed by atoms with Crippen LogP contribution in [0.5, 0.6) is 5.75 Å². The van der Waals surface area contributed by atoms with Crippen LogP contribution in [-0.4, -0.2) is 23.2 Å². The van der Waals surface area contributed by atoms with Crippen LogP contribution in [0.4, 0.5) is 4.79 Å². The molecule has 2 aromatic rings. The van der Waals surface area contributed by atoms with Crippen molar-refractivity contribution in [1.82, 2.24) is 10.6 Å². The molecule has 0 radical (unpaired) electrons. The zero-order valence-corrected chi connectivity index (χ0v) is 20.1. The summed E-state index contributed by atoms with van der Waals surface area (Å²) in [6.07, 6.45) is 6.46. The van der Waals surface area contributed by atoms with Crippen molar-refractivity contribution in [2.24, 2.45) is 5.92 Å². The van der Waals surface area contributed by atoms with Crippen LogP contribution in [0.2, 0.25) is 0 Å². The largest absolute Gasteiger partial charge is 0.489 e. The van der Waals surface area contributed by atoms with Crippen LogP contribution in [-0.2, 0) is 11.4 Å². The van der Waals surface area contributed by atoms with Crippen LogP contribution in [0.25, 0.3) is 0 Å². The van der Waals surface area contributed by atoms with Gasteiger partial charge in [0.2, 0.25) is 0 Å². The van der Waals surface area contributed by atoms with Crippen molar-refractivity contribution in [3.63, 3.8) is 0 Å². The van der Waals surface area contributed by atoms with Crippen molar-refractivity contribution in [2.45, 2.75) is 61.3 Å². The highest BCUT2D eigenvalue weighted by molar-refractivity contribution is 8.00. The van der Waals surface area contributed by atoms with Gasteiger partial charge in [-0.2, -0.15) is 0 Å². The molecule has 1 aliphatic heterocycles. The molecule has 1 aliphatic carbocycles. The van der Waals surface area contributed by atoms with Gasteiger partial charge < -0.3 is 10.1 Å². The number of imide groups is 1. The predicted molar refractivity (Wildman–Crippen MR) is 136 cm³/mol. The molecule has 178 valence electrons. The summed E-state index contributed by atoms with van der Waals surface area (Å²) in [5, 5.41) is 5.71. The van der Waals surface area contributed by atoms with E-state index in [1.165, 1.54) is 11.3 Å². The van der Waals surface area contributed by atoms with E-state index in [0.717, 1.165) is 43.4 Å². The molecule has 6 heteroatoms. The van der Waals surface area contributed by atoms with E-state index in [9.17, 15) is 9.59 Å². The van der Waals surface area contributed by atoms with Gasteiger partial charge in [0.1, 0.15) is 18.4 Å². The minimum atomic E-state index is -0.366. The quantitative estimate of drug-likeness (QED) is 0.500. The zero-order valence-electron chi connectivity index (χ0n) is 19.3. The number of hydrogen-bond acceptors (Lipinski definition) is 4. The van der Waals surface area contributed by atoms with Gasteiger partial charge in [-0.25, -0.2) is 4.79 Å². The highest BCUT2D eigenvalue weighted by Crippen LogP contribution is 2.35. The third kappa shape index (κ3) is 7.26. The van der Waals surface area contributed by atoms with E-state index in [0.29, 0.717) is 11.9 Å². The number of amides is 3. The molecule has 1 saturated carbocycles. The van der Waals surface area contributed by atoms with Gasteiger partial charge in [-0.15, -0.1) is 11.8 Å². The van der Waals surface area contributed by atoms with Gasteiger partial charge in [0.05, 0.1) is 0 Å². The smallest absolute Gasteiger partial charge is 0.322 e. The van der Waals surface area contributed by atoms with Gasteiger partial charge in [-0.05, 0) is 61.4 Å². The maximum atomic E-state index is 12.1. The molecule has 2 N–H and O–H groups in total. The van der Waals surface area contributed by atoms with Crippen molar-refractivity contribution in [2.75, 3.05) is 0 Å². The number of thioether (sulfide) groups is 1. The molecule has 3 atom stereocenters. The van der Waals surface area contributed by atoms with Crippen LogP contribution in [0, 0.1) is 5.92 Å². The fourth-order valence-electron chi connectivity index (χ4n) is 4.48. The van der Waals surface area contributed by atoms with Gasteiger partial charge in [0.25, 0.3) is 5.91 Å². The Balaban J connectivity index is 1.30. The lowest BCUT2D eigenvalue weighted by Gasteiger charge is -2.27. The summed E-state index contributed by atoms with van der Waals surface area (Å²) in [6.45, 7) is 0.523. The summed E-state index contributed by atoms with van der Waals surface area (Å²) >= 11 is 1.92. The Kier molecular flexibility index (Phi) is 8.85. The first-order valence-corrected chi connectivity index (χ1v) is 12.9. The number of carbonyl (C=O) groups is 2. The van der Waals surface area contributed by atoms with Crippen molar-refractivity contribution in [3.05, 3.63) is 84.4 Å². The summed E-state index contributed by atoms with van der Waals surface area (Å²) in [7, 11) is 0. The molecule has 0 bridgehead atoms. The second-order valence-corrected chi connectivity index (χ2v) is 10.2. The van der Waals surface area contributed by atoms with Crippen molar-refractivity contribution in [3.8, 4) is 5.75 Å². The fourth-order valence-corrected chi connectivity index (χ4v) is 5.70. The lowest BCUT2D eigenvalue weighted by atomic mass is 9.85. The first kappa shape index (κ1) is 24.1. The second-order valence-electron chi connectivity index (χ2n) is 8.82. The maximum Gasteiger partial charge on any atom is 0.322 e. The van der Waals surface area contributed by atoms with Gasteiger partial charge >= 0.3 is 6.03 Å². The van der Waals surface area contributed by atoms with E-state index < -0.39 is 0 Å². The van der Waals surface area contributed by atoms with E-state index in [-0.39, 0.29) is 23.9 Å². The third-order valence-electron chi connectivity index (χ3n) is 6.31. The third-order valence-corrected chi connectivity index (χ3v) is 7.66. The van der Waals surface area contributed by atoms with Crippen molar-refractivity contribution < 1.29 is 14.3 Å². The Morgan fingerprint density at radius 1 is 0.794 bits per heavy atom. The first-order valence-electron chi connectivity index (χ1n) is 12.1. The van der Waals surface area contributed by atoms with E-state index in [4.69, 9.17) is 4.74 Å². The number of hydrogen-bond donors (Lipinski definition) is 2. The molecule has 1 heterocycles. The van der Waals surface area contributed by atoms with Crippen LogP contribution >= 0.6 is 11.8 Å². The lowest BCUT2D eigenvalue weighted by Crippen LogP contribution is -2.37. The molecular weight excluding hydrogens is 444 g/mol. The number of ether oxygens (including phenoxy) is 1. The van der Waals surface area contributed by atoms with Crippen LogP contribution in [0.3, 0.4) is 0 Å². The van der Waals surface area contributed by atoms with Crippen LogP contribution < -0.4 is 15.4 Å². The first-order chi connectivity index (χ1) is 16.7. The minimum absolute atomic E-state index is 0.168. The maximum absolute atomic E-state index is 12.1. The molecule has 0 aromatic heterocycles. The second kappa shape index (κ2) is 12.5. The molecule has 5 nitrogen and oxygen atoms in total. The van der Waals surface area contributed by atoms with Gasteiger partial charge in [0, 0.05) is 10.1 Å². The highest BCUT2D eigenvalue weighted by Gasteiger charge is 2.36. The van der Waals surface area contributed by atoms with E-state index in [1.54, 1.807) is 0 Å². The summed E-state index contributed by atoms with van der Waals surface area (Å²) in [5.74, 6) is 0.880. The monoisotopic (exact) mass is 476 g/mol. The Hall–Kier alpha value is -2.99. The van der Waals surface area contributed by atoms with Crippen LogP contribution in [0.15, 0.2) is 83.8 Å². The van der Waals surface area contributed by atoms with Crippen LogP contribution in [0.1, 0.15) is 44.1 Å². The zero-order chi connectivity index (χ0) is 23.6. The Morgan fingerprint density at radius 3 is 2.15 bits per heavy atom. The number of urea groups is 1. The summed E-state index contributed by atoms with van der Waals surface area (Å²) in [4.78, 5) is 24.9. The highest BCUT2D eigenvalue weighted by atomic mass is 32.2. The summed E-state index contributed by atoms with van der Waals surface area (Å²) in [5.41, 5.74) is 1.14. The lowest BCUT2D eigenvalue weighted by molar-refractivity contribution is -0.121. The minimum Gasteiger partial charge on any atom is -0.489 e. The molecule has 2 fully saturated rings. The Morgan fingerprint density at radius 2 is 1.47 bits per heavy atom. The molecule has 34 heavy (non-hydrogen) atoms. The topological polar surface area (TPSA) is 67.4 Å².